The summed E-state index contributed by atoms with van der Waals surface area (Å²) in [6.07, 6.45) is 3.75. The smallest absolute Gasteiger partial charge is 0.331 e. The van der Waals surface area contributed by atoms with Gasteiger partial charge >= 0.3 is 5.97 Å². The number of carboxylic acids is 1. The molecule has 2 aromatic rings. The van der Waals surface area contributed by atoms with Crippen LogP contribution in [0.25, 0.3) is 6.08 Å². The first kappa shape index (κ1) is 14.8. The van der Waals surface area contributed by atoms with E-state index in [9.17, 15) is 9.90 Å². The second kappa shape index (κ2) is 6.70. The van der Waals surface area contributed by atoms with Gasteiger partial charge in [0.05, 0.1) is 0 Å². The SMILES string of the molecule is CN(C)c1ccc(/C=C(\Cc2ccccc2)C(=O)O)cn1. The molecule has 0 saturated carbocycles. The van der Waals surface area contributed by atoms with Crippen molar-refractivity contribution in [1.82, 2.24) is 4.98 Å². The quantitative estimate of drug-likeness (QED) is 0.857. The van der Waals surface area contributed by atoms with Gasteiger partial charge in [-0.3, -0.25) is 0 Å². The molecular formula is C17H18N2O2. The monoisotopic (exact) mass is 282 g/mol. The van der Waals surface area contributed by atoms with Gasteiger partial charge in [-0.1, -0.05) is 30.3 Å². The lowest BCUT2D eigenvalue weighted by molar-refractivity contribution is -0.132. The Labute approximate surface area is 124 Å². The zero-order chi connectivity index (χ0) is 15.2. The molecule has 1 N–H and O–H groups in total. The number of hydrogen-bond acceptors (Lipinski definition) is 3. The van der Waals surface area contributed by atoms with E-state index in [0.29, 0.717) is 12.0 Å². The molecule has 0 bridgehead atoms. The summed E-state index contributed by atoms with van der Waals surface area (Å²) in [5.74, 6) is -0.0670. The van der Waals surface area contributed by atoms with Crippen LogP contribution in [0.5, 0.6) is 0 Å². The van der Waals surface area contributed by atoms with E-state index in [1.165, 1.54) is 0 Å². The van der Waals surface area contributed by atoms with Crippen LogP contribution in [0.15, 0.2) is 54.2 Å². The van der Waals surface area contributed by atoms with E-state index in [4.69, 9.17) is 0 Å². The van der Waals surface area contributed by atoms with Crippen LogP contribution in [0, 0.1) is 0 Å². The second-order valence-corrected chi connectivity index (χ2v) is 4.98. The second-order valence-electron chi connectivity index (χ2n) is 4.98. The Morgan fingerprint density at radius 3 is 2.43 bits per heavy atom. The minimum absolute atomic E-state index is 0.348. The highest BCUT2D eigenvalue weighted by Gasteiger charge is 2.08. The molecule has 0 aliphatic rings. The fourth-order valence-electron chi connectivity index (χ4n) is 1.95. The van der Waals surface area contributed by atoms with E-state index < -0.39 is 5.97 Å². The predicted octanol–water partition coefficient (Wildman–Crippen LogP) is 2.86. The summed E-state index contributed by atoms with van der Waals surface area (Å²) in [4.78, 5) is 17.6. The number of anilines is 1. The van der Waals surface area contributed by atoms with E-state index in [2.05, 4.69) is 4.98 Å². The normalized spacial score (nSPS) is 11.2. The Hall–Kier alpha value is -2.62. The molecule has 21 heavy (non-hydrogen) atoms. The van der Waals surface area contributed by atoms with Crippen LogP contribution in [0.4, 0.5) is 5.82 Å². The van der Waals surface area contributed by atoms with Crippen molar-refractivity contribution in [3.05, 3.63) is 65.4 Å². The van der Waals surface area contributed by atoms with Crippen LogP contribution in [0.2, 0.25) is 0 Å². The van der Waals surface area contributed by atoms with Crippen molar-refractivity contribution < 1.29 is 9.90 Å². The molecule has 0 radical (unpaired) electrons. The van der Waals surface area contributed by atoms with E-state index in [1.807, 2.05) is 61.5 Å². The molecule has 1 aromatic carbocycles. The van der Waals surface area contributed by atoms with Gasteiger partial charge in [0.1, 0.15) is 5.82 Å². The van der Waals surface area contributed by atoms with Crippen molar-refractivity contribution >= 4 is 17.9 Å². The predicted molar refractivity (Wildman–Crippen MR) is 84.3 cm³/mol. The van der Waals surface area contributed by atoms with E-state index in [0.717, 1.165) is 16.9 Å². The number of carboxylic acid groups (broad SMARTS) is 1. The van der Waals surface area contributed by atoms with Gasteiger partial charge in [0.2, 0.25) is 0 Å². The summed E-state index contributed by atoms with van der Waals surface area (Å²) in [7, 11) is 3.83. The Morgan fingerprint density at radius 2 is 1.90 bits per heavy atom. The minimum Gasteiger partial charge on any atom is -0.478 e. The Balaban J connectivity index is 2.23. The average Bonchev–Trinajstić information content (AvgIpc) is 2.48. The molecule has 0 aliphatic heterocycles. The first-order valence-electron chi connectivity index (χ1n) is 6.67. The number of pyridine rings is 1. The van der Waals surface area contributed by atoms with Gasteiger partial charge in [-0.2, -0.15) is 0 Å². The molecule has 0 saturated heterocycles. The number of rotatable bonds is 5. The highest BCUT2D eigenvalue weighted by atomic mass is 16.4. The molecule has 2 rings (SSSR count). The standard InChI is InChI=1S/C17H18N2O2/c1-19(2)16-9-8-14(12-18-16)11-15(17(20)21)10-13-6-4-3-5-7-13/h3-9,11-12H,10H2,1-2H3,(H,20,21)/b15-11+. The summed E-state index contributed by atoms with van der Waals surface area (Å²) >= 11 is 0. The summed E-state index contributed by atoms with van der Waals surface area (Å²) in [5.41, 5.74) is 2.11. The van der Waals surface area contributed by atoms with Crippen molar-refractivity contribution in [3.63, 3.8) is 0 Å². The third-order valence-corrected chi connectivity index (χ3v) is 3.08. The molecule has 0 unspecified atom stereocenters. The number of carbonyl (C=O) groups is 1. The number of benzene rings is 1. The van der Waals surface area contributed by atoms with Gasteiger partial charge in [-0.25, -0.2) is 9.78 Å². The molecule has 0 aliphatic carbocycles. The van der Waals surface area contributed by atoms with Crippen molar-refractivity contribution in [2.45, 2.75) is 6.42 Å². The third-order valence-electron chi connectivity index (χ3n) is 3.08. The zero-order valence-corrected chi connectivity index (χ0v) is 12.2. The van der Waals surface area contributed by atoms with Crippen molar-refractivity contribution in [2.75, 3.05) is 19.0 Å². The topological polar surface area (TPSA) is 53.4 Å². The van der Waals surface area contributed by atoms with Gasteiger partial charge in [-0.15, -0.1) is 0 Å². The van der Waals surface area contributed by atoms with Crippen LogP contribution in [-0.2, 0) is 11.2 Å². The van der Waals surface area contributed by atoms with Gasteiger partial charge in [0.25, 0.3) is 0 Å². The van der Waals surface area contributed by atoms with Gasteiger partial charge in [0, 0.05) is 32.3 Å². The molecule has 1 heterocycles. The van der Waals surface area contributed by atoms with Crippen molar-refractivity contribution in [3.8, 4) is 0 Å². The van der Waals surface area contributed by atoms with Crippen LogP contribution in [0.1, 0.15) is 11.1 Å². The number of aliphatic carboxylic acids is 1. The molecule has 4 nitrogen and oxygen atoms in total. The summed E-state index contributed by atoms with van der Waals surface area (Å²) in [6.45, 7) is 0. The molecule has 4 heteroatoms. The summed E-state index contributed by atoms with van der Waals surface area (Å²) in [5, 5.41) is 9.34. The lowest BCUT2D eigenvalue weighted by Crippen LogP contribution is -2.10. The molecule has 108 valence electrons. The first-order valence-corrected chi connectivity index (χ1v) is 6.67. The largest absolute Gasteiger partial charge is 0.478 e. The summed E-state index contributed by atoms with van der Waals surface area (Å²) < 4.78 is 0. The van der Waals surface area contributed by atoms with Crippen LogP contribution in [0.3, 0.4) is 0 Å². The molecule has 0 spiro atoms. The fraction of sp³-hybridized carbons (Fsp3) is 0.176. The van der Waals surface area contributed by atoms with E-state index in [-0.39, 0.29) is 0 Å². The lowest BCUT2D eigenvalue weighted by Gasteiger charge is -2.10. The Bertz CT molecular complexity index is 632. The van der Waals surface area contributed by atoms with Gasteiger partial charge in [-0.05, 0) is 29.3 Å². The molecular weight excluding hydrogens is 264 g/mol. The maximum Gasteiger partial charge on any atom is 0.331 e. The lowest BCUT2D eigenvalue weighted by atomic mass is 10.0. The van der Waals surface area contributed by atoms with Crippen LogP contribution < -0.4 is 4.90 Å². The van der Waals surface area contributed by atoms with E-state index in [1.54, 1.807) is 12.3 Å². The van der Waals surface area contributed by atoms with Gasteiger partial charge < -0.3 is 10.0 Å². The molecule has 0 fully saturated rings. The molecule has 0 atom stereocenters. The fourth-order valence-corrected chi connectivity index (χ4v) is 1.95. The highest BCUT2D eigenvalue weighted by molar-refractivity contribution is 5.92. The zero-order valence-electron chi connectivity index (χ0n) is 12.2. The average molecular weight is 282 g/mol. The number of hydrogen-bond donors (Lipinski definition) is 1. The van der Waals surface area contributed by atoms with Gasteiger partial charge in [0.15, 0.2) is 0 Å². The first-order chi connectivity index (χ1) is 10.1. The molecule has 0 amide bonds. The maximum absolute atomic E-state index is 11.4. The van der Waals surface area contributed by atoms with Crippen molar-refractivity contribution in [2.24, 2.45) is 0 Å². The number of aromatic nitrogens is 1. The highest BCUT2D eigenvalue weighted by Crippen LogP contribution is 2.14. The third kappa shape index (κ3) is 4.18. The van der Waals surface area contributed by atoms with Crippen LogP contribution in [-0.4, -0.2) is 30.2 Å². The Morgan fingerprint density at radius 1 is 1.19 bits per heavy atom. The summed E-state index contributed by atoms with van der Waals surface area (Å²) in [6, 6.07) is 13.3. The van der Waals surface area contributed by atoms with Crippen molar-refractivity contribution in [1.29, 1.82) is 0 Å². The maximum atomic E-state index is 11.4. The Kier molecular flexibility index (Phi) is 4.72. The molecule has 1 aromatic heterocycles. The van der Waals surface area contributed by atoms with Crippen LogP contribution >= 0.6 is 0 Å². The van der Waals surface area contributed by atoms with E-state index >= 15 is 0 Å². The number of nitrogens with zero attached hydrogens (tertiary/aromatic N) is 2. The minimum atomic E-state index is -0.907.